The zero-order valence-corrected chi connectivity index (χ0v) is 18.2. The molecule has 0 amide bonds. The molecule has 0 aliphatic carbocycles. The lowest BCUT2D eigenvalue weighted by molar-refractivity contribution is 0.0746. The molecular formula is C19H31ClN4O3S. The summed E-state index contributed by atoms with van der Waals surface area (Å²) in [5, 5.41) is 0.569. The second-order valence-corrected chi connectivity index (χ2v) is 10.4. The molecule has 0 radical (unpaired) electrons. The van der Waals surface area contributed by atoms with E-state index < -0.39 is 10.0 Å². The Kier molecular flexibility index (Phi) is 7.91. The van der Waals surface area contributed by atoms with Crippen molar-refractivity contribution >= 4 is 27.6 Å². The lowest BCUT2D eigenvalue weighted by Gasteiger charge is -2.32. The minimum absolute atomic E-state index is 0.487. The fourth-order valence-corrected chi connectivity index (χ4v) is 4.99. The molecule has 1 aromatic rings. The van der Waals surface area contributed by atoms with Gasteiger partial charge in [0.05, 0.1) is 23.7 Å². The maximum Gasteiger partial charge on any atom is 0.225 e. The van der Waals surface area contributed by atoms with Crippen LogP contribution in [0.15, 0.2) is 12.4 Å². The Labute approximate surface area is 173 Å². The van der Waals surface area contributed by atoms with Gasteiger partial charge >= 0.3 is 0 Å². The first-order valence-electron chi connectivity index (χ1n) is 10.2. The van der Waals surface area contributed by atoms with E-state index in [4.69, 9.17) is 16.3 Å². The fourth-order valence-electron chi connectivity index (χ4n) is 4.02. The number of sulfonamides is 1. The molecule has 0 N–H and O–H groups in total. The van der Waals surface area contributed by atoms with Crippen molar-refractivity contribution in [1.29, 1.82) is 0 Å². The summed E-state index contributed by atoms with van der Waals surface area (Å²) in [5.41, 5.74) is 0. The topological polar surface area (TPSA) is 75.6 Å². The predicted octanol–water partition coefficient (Wildman–Crippen LogP) is 2.81. The zero-order valence-electron chi connectivity index (χ0n) is 16.6. The highest BCUT2D eigenvalue weighted by molar-refractivity contribution is 7.88. The number of piperidine rings is 2. The van der Waals surface area contributed by atoms with Gasteiger partial charge in [0, 0.05) is 39.4 Å². The maximum absolute atomic E-state index is 11.5. The molecule has 0 unspecified atom stereocenters. The van der Waals surface area contributed by atoms with E-state index in [1.54, 1.807) is 16.7 Å². The quantitative estimate of drug-likeness (QED) is 0.590. The number of ether oxygens (including phenoxy) is 1. The summed E-state index contributed by atoms with van der Waals surface area (Å²) in [5.74, 6) is 2.00. The van der Waals surface area contributed by atoms with Crippen molar-refractivity contribution in [3.63, 3.8) is 0 Å². The van der Waals surface area contributed by atoms with Gasteiger partial charge in [0.15, 0.2) is 0 Å². The molecule has 3 rings (SSSR count). The van der Waals surface area contributed by atoms with Crippen molar-refractivity contribution in [2.75, 3.05) is 50.5 Å². The Morgan fingerprint density at radius 2 is 1.68 bits per heavy atom. The lowest BCUT2D eigenvalue weighted by atomic mass is 9.92. The van der Waals surface area contributed by atoms with E-state index in [0.29, 0.717) is 24.0 Å². The largest absolute Gasteiger partial charge is 0.381 e. The molecule has 0 atom stereocenters. The van der Waals surface area contributed by atoms with Crippen molar-refractivity contribution in [3.05, 3.63) is 17.4 Å². The molecule has 2 aliphatic rings. The average Bonchev–Trinajstić information content (AvgIpc) is 2.69. The molecule has 0 saturated carbocycles. The van der Waals surface area contributed by atoms with Crippen LogP contribution in [0.25, 0.3) is 0 Å². The highest BCUT2D eigenvalue weighted by Gasteiger charge is 2.25. The second kappa shape index (κ2) is 10.2. The van der Waals surface area contributed by atoms with Crippen LogP contribution in [0.2, 0.25) is 5.02 Å². The summed E-state index contributed by atoms with van der Waals surface area (Å²) in [6.07, 6.45) is 11.0. The maximum atomic E-state index is 11.5. The van der Waals surface area contributed by atoms with Crippen LogP contribution in [0.5, 0.6) is 0 Å². The molecule has 2 aliphatic heterocycles. The van der Waals surface area contributed by atoms with Crippen LogP contribution < -0.4 is 4.90 Å². The van der Waals surface area contributed by atoms with E-state index in [0.717, 1.165) is 70.3 Å². The average molecular weight is 431 g/mol. The number of hydrogen-bond donors (Lipinski definition) is 0. The molecule has 1 aromatic heterocycles. The molecule has 7 nitrogen and oxygen atoms in total. The van der Waals surface area contributed by atoms with Gasteiger partial charge in [0.25, 0.3) is 0 Å². The number of halogens is 1. The Morgan fingerprint density at radius 3 is 2.29 bits per heavy atom. The molecule has 3 heterocycles. The third kappa shape index (κ3) is 6.54. The normalized spacial score (nSPS) is 20.6. The number of hydrogen-bond acceptors (Lipinski definition) is 6. The molecule has 0 bridgehead atoms. The highest BCUT2D eigenvalue weighted by Crippen LogP contribution is 2.25. The van der Waals surface area contributed by atoms with Gasteiger partial charge in [-0.25, -0.2) is 22.7 Å². The Morgan fingerprint density at radius 1 is 1.07 bits per heavy atom. The van der Waals surface area contributed by atoms with Crippen LogP contribution in [-0.4, -0.2) is 68.3 Å². The number of anilines is 1. The van der Waals surface area contributed by atoms with Gasteiger partial charge in [-0.3, -0.25) is 0 Å². The van der Waals surface area contributed by atoms with Gasteiger partial charge in [-0.2, -0.15) is 0 Å². The predicted molar refractivity (Wildman–Crippen MR) is 111 cm³/mol. The first-order valence-corrected chi connectivity index (χ1v) is 12.4. The summed E-state index contributed by atoms with van der Waals surface area (Å²) < 4.78 is 30.5. The van der Waals surface area contributed by atoms with Crippen molar-refractivity contribution in [2.24, 2.45) is 11.8 Å². The zero-order chi connectivity index (χ0) is 20.0. The molecule has 2 saturated heterocycles. The highest BCUT2D eigenvalue weighted by atomic mass is 35.5. The molecule has 9 heteroatoms. The summed E-state index contributed by atoms with van der Waals surface area (Å²) >= 11 is 5.85. The van der Waals surface area contributed by atoms with Crippen molar-refractivity contribution in [2.45, 2.75) is 38.5 Å². The van der Waals surface area contributed by atoms with Gasteiger partial charge < -0.3 is 9.64 Å². The Balaban J connectivity index is 1.24. The van der Waals surface area contributed by atoms with Crippen LogP contribution in [0, 0.1) is 11.8 Å². The smallest absolute Gasteiger partial charge is 0.225 e. The van der Waals surface area contributed by atoms with Crippen molar-refractivity contribution in [1.82, 2.24) is 14.3 Å². The second-order valence-electron chi connectivity index (χ2n) is 7.95. The van der Waals surface area contributed by atoms with Crippen LogP contribution in [0.4, 0.5) is 5.95 Å². The molecular weight excluding hydrogens is 400 g/mol. The van der Waals surface area contributed by atoms with E-state index in [-0.39, 0.29) is 0 Å². The summed E-state index contributed by atoms with van der Waals surface area (Å²) in [4.78, 5) is 10.8. The van der Waals surface area contributed by atoms with Gasteiger partial charge in [-0.1, -0.05) is 11.6 Å². The number of rotatable bonds is 8. The first-order chi connectivity index (χ1) is 13.4. The van der Waals surface area contributed by atoms with E-state index in [9.17, 15) is 8.42 Å². The Bertz CT molecular complexity index is 700. The molecule has 158 valence electrons. The third-order valence-corrected chi connectivity index (χ3v) is 7.30. The monoisotopic (exact) mass is 430 g/mol. The van der Waals surface area contributed by atoms with E-state index >= 15 is 0 Å². The minimum Gasteiger partial charge on any atom is -0.381 e. The van der Waals surface area contributed by atoms with Crippen LogP contribution in [-0.2, 0) is 14.8 Å². The van der Waals surface area contributed by atoms with Crippen LogP contribution in [0.1, 0.15) is 38.5 Å². The lowest BCUT2D eigenvalue weighted by Crippen LogP contribution is -2.38. The molecule has 2 fully saturated rings. The van der Waals surface area contributed by atoms with E-state index in [2.05, 4.69) is 14.9 Å². The number of aromatic nitrogens is 2. The summed E-state index contributed by atoms with van der Waals surface area (Å²) in [7, 11) is -3.04. The molecule has 0 spiro atoms. The molecule has 28 heavy (non-hydrogen) atoms. The third-order valence-electron chi connectivity index (χ3n) is 5.80. The van der Waals surface area contributed by atoms with Gasteiger partial charge in [0.1, 0.15) is 0 Å². The minimum atomic E-state index is -3.04. The first kappa shape index (κ1) is 21.7. The number of nitrogens with zero attached hydrogens (tertiary/aromatic N) is 4. The van der Waals surface area contributed by atoms with Crippen molar-refractivity contribution < 1.29 is 13.2 Å². The standard InChI is InChI=1S/C19H31ClN4O3S/c1-28(25,26)24-10-6-17(7-11-24)15-27-12-2-3-16-4-8-23(9-5-16)19-21-13-18(20)14-22-19/h13-14,16-17H,2-12,15H2,1H3. The summed E-state index contributed by atoms with van der Waals surface area (Å²) in [6, 6.07) is 0. The van der Waals surface area contributed by atoms with Crippen molar-refractivity contribution in [3.8, 4) is 0 Å². The van der Waals surface area contributed by atoms with E-state index in [1.807, 2.05) is 0 Å². The van der Waals surface area contributed by atoms with E-state index in [1.165, 1.54) is 12.7 Å². The fraction of sp³-hybridized carbons (Fsp3) is 0.789. The van der Waals surface area contributed by atoms with Gasteiger partial charge in [-0.15, -0.1) is 0 Å². The molecule has 0 aromatic carbocycles. The van der Waals surface area contributed by atoms with Gasteiger partial charge in [0.2, 0.25) is 16.0 Å². The van der Waals surface area contributed by atoms with Crippen LogP contribution in [0.3, 0.4) is 0 Å². The Hall–Kier alpha value is -0.960. The SMILES string of the molecule is CS(=O)(=O)N1CCC(COCCCC2CCN(c3ncc(Cl)cn3)CC2)CC1. The summed E-state index contributed by atoms with van der Waals surface area (Å²) in [6.45, 7) is 4.79. The van der Waals surface area contributed by atoms with Crippen LogP contribution >= 0.6 is 11.6 Å². The van der Waals surface area contributed by atoms with Gasteiger partial charge in [-0.05, 0) is 50.4 Å².